The van der Waals surface area contributed by atoms with E-state index in [0.717, 1.165) is 54.6 Å². The van der Waals surface area contributed by atoms with Crippen molar-refractivity contribution in [1.29, 1.82) is 0 Å². The standard InChI is InChI=1S/C21H13F6N3O2/c22-15-8-7-13(10-17(15)30-19(31)14-5-2-6-16(23)18(14)24)29-20(32)28-12-4-1-3-11(9-12)21(25,26)27/h1-10H,(H,30,31)(H2,28,29,32). The average molecular weight is 453 g/mol. The minimum atomic E-state index is -4.60. The van der Waals surface area contributed by atoms with E-state index in [2.05, 4.69) is 16.0 Å². The van der Waals surface area contributed by atoms with Crippen molar-refractivity contribution in [1.82, 2.24) is 0 Å². The first-order valence-corrected chi connectivity index (χ1v) is 8.85. The molecule has 0 radical (unpaired) electrons. The fourth-order valence-corrected chi connectivity index (χ4v) is 2.63. The molecule has 0 spiro atoms. The highest BCUT2D eigenvalue weighted by Crippen LogP contribution is 2.30. The Morgan fingerprint density at radius 2 is 1.38 bits per heavy atom. The van der Waals surface area contributed by atoms with Gasteiger partial charge >= 0.3 is 12.2 Å². The molecule has 3 amide bonds. The molecular weight excluding hydrogens is 440 g/mol. The summed E-state index contributed by atoms with van der Waals surface area (Å²) in [4.78, 5) is 24.2. The summed E-state index contributed by atoms with van der Waals surface area (Å²) >= 11 is 0. The van der Waals surface area contributed by atoms with Crippen molar-refractivity contribution < 1.29 is 35.9 Å². The van der Waals surface area contributed by atoms with Gasteiger partial charge in [-0.1, -0.05) is 12.1 Å². The van der Waals surface area contributed by atoms with Crippen molar-refractivity contribution in [3.05, 3.63) is 89.2 Å². The van der Waals surface area contributed by atoms with Crippen LogP contribution in [0.2, 0.25) is 0 Å². The Morgan fingerprint density at radius 1 is 0.719 bits per heavy atom. The van der Waals surface area contributed by atoms with Gasteiger partial charge in [0.15, 0.2) is 11.6 Å². The maximum atomic E-state index is 14.0. The zero-order chi connectivity index (χ0) is 23.5. The normalized spacial score (nSPS) is 11.1. The quantitative estimate of drug-likeness (QED) is 0.423. The molecule has 32 heavy (non-hydrogen) atoms. The molecule has 3 N–H and O–H groups in total. The molecule has 5 nitrogen and oxygen atoms in total. The highest BCUT2D eigenvalue weighted by atomic mass is 19.4. The van der Waals surface area contributed by atoms with E-state index in [0.29, 0.717) is 0 Å². The summed E-state index contributed by atoms with van der Waals surface area (Å²) in [7, 11) is 0. The molecular formula is C21H13F6N3O2. The van der Waals surface area contributed by atoms with Gasteiger partial charge in [0, 0.05) is 11.4 Å². The maximum absolute atomic E-state index is 14.0. The lowest BCUT2D eigenvalue weighted by Crippen LogP contribution is -2.20. The largest absolute Gasteiger partial charge is 0.416 e. The number of carbonyl (C=O) groups is 2. The molecule has 0 saturated carbocycles. The minimum absolute atomic E-state index is 0.0362. The second-order valence-electron chi connectivity index (χ2n) is 6.41. The summed E-state index contributed by atoms with van der Waals surface area (Å²) in [6.07, 6.45) is -4.60. The van der Waals surface area contributed by atoms with Gasteiger partial charge in [-0.2, -0.15) is 13.2 Å². The molecule has 0 aliphatic carbocycles. The van der Waals surface area contributed by atoms with Gasteiger partial charge in [-0.25, -0.2) is 18.0 Å². The first kappa shape index (κ1) is 22.7. The van der Waals surface area contributed by atoms with Crippen LogP contribution in [0, 0.1) is 17.5 Å². The van der Waals surface area contributed by atoms with Gasteiger partial charge in [-0.15, -0.1) is 0 Å². The first-order chi connectivity index (χ1) is 15.0. The van der Waals surface area contributed by atoms with Crippen LogP contribution in [0.4, 0.5) is 48.2 Å². The van der Waals surface area contributed by atoms with E-state index in [1.165, 1.54) is 6.07 Å². The van der Waals surface area contributed by atoms with Crippen molar-refractivity contribution >= 4 is 29.0 Å². The summed E-state index contributed by atoms with van der Waals surface area (Å²) < 4.78 is 79.4. The Hall–Kier alpha value is -4.02. The van der Waals surface area contributed by atoms with Crippen molar-refractivity contribution in [2.24, 2.45) is 0 Å². The molecule has 0 fully saturated rings. The van der Waals surface area contributed by atoms with Crippen LogP contribution >= 0.6 is 0 Å². The topological polar surface area (TPSA) is 70.2 Å². The number of hydrogen-bond acceptors (Lipinski definition) is 2. The third-order valence-corrected chi connectivity index (χ3v) is 4.12. The highest BCUT2D eigenvalue weighted by molar-refractivity contribution is 6.05. The lowest BCUT2D eigenvalue weighted by molar-refractivity contribution is -0.137. The Balaban J connectivity index is 1.72. The van der Waals surface area contributed by atoms with Gasteiger partial charge in [0.05, 0.1) is 16.8 Å². The van der Waals surface area contributed by atoms with Gasteiger partial charge in [0.25, 0.3) is 5.91 Å². The van der Waals surface area contributed by atoms with E-state index in [4.69, 9.17) is 0 Å². The van der Waals surface area contributed by atoms with Crippen LogP contribution < -0.4 is 16.0 Å². The fourth-order valence-electron chi connectivity index (χ4n) is 2.63. The second kappa shape index (κ2) is 9.00. The summed E-state index contributed by atoms with van der Waals surface area (Å²) in [5.74, 6) is -4.74. The highest BCUT2D eigenvalue weighted by Gasteiger charge is 2.30. The van der Waals surface area contributed by atoms with Crippen LogP contribution in [0.3, 0.4) is 0 Å². The number of nitrogens with one attached hydrogen (secondary N) is 3. The number of hydrogen-bond donors (Lipinski definition) is 3. The number of urea groups is 1. The third kappa shape index (κ3) is 5.36. The van der Waals surface area contributed by atoms with Gasteiger partial charge in [0.2, 0.25) is 0 Å². The average Bonchev–Trinajstić information content (AvgIpc) is 2.72. The first-order valence-electron chi connectivity index (χ1n) is 8.85. The van der Waals surface area contributed by atoms with Crippen LogP contribution in [0.1, 0.15) is 15.9 Å². The van der Waals surface area contributed by atoms with Gasteiger partial charge < -0.3 is 16.0 Å². The second-order valence-corrected chi connectivity index (χ2v) is 6.41. The number of rotatable bonds is 4. The molecule has 0 heterocycles. The Labute approximate surface area is 177 Å². The molecule has 0 unspecified atom stereocenters. The predicted molar refractivity (Wildman–Crippen MR) is 105 cm³/mol. The smallest absolute Gasteiger partial charge is 0.319 e. The molecule has 0 atom stereocenters. The number of halogens is 6. The Bertz CT molecular complexity index is 1180. The lowest BCUT2D eigenvalue weighted by atomic mass is 10.2. The molecule has 0 bridgehead atoms. The van der Waals surface area contributed by atoms with E-state index in [1.54, 1.807) is 0 Å². The zero-order valence-corrected chi connectivity index (χ0v) is 15.9. The van der Waals surface area contributed by atoms with Gasteiger partial charge in [-0.3, -0.25) is 4.79 Å². The van der Waals surface area contributed by atoms with Crippen LogP contribution in [0.15, 0.2) is 60.7 Å². The molecule has 11 heteroatoms. The molecule has 0 saturated heterocycles. The van der Waals surface area contributed by atoms with Gasteiger partial charge in [0.1, 0.15) is 5.82 Å². The third-order valence-electron chi connectivity index (χ3n) is 4.12. The van der Waals surface area contributed by atoms with Crippen LogP contribution in [0.5, 0.6) is 0 Å². The number of carbonyl (C=O) groups excluding carboxylic acids is 2. The summed E-state index contributed by atoms with van der Waals surface area (Å²) in [6, 6.07) is 8.87. The number of alkyl halides is 3. The van der Waals surface area contributed by atoms with Gasteiger partial charge in [-0.05, 0) is 48.5 Å². The number of anilines is 3. The van der Waals surface area contributed by atoms with E-state index in [-0.39, 0.29) is 11.4 Å². The summed E-state index contributed by atoms with van der Waals surface area (Å²) in [5, 5.41) is 6.53. The van der Waals surface area contributed by atoms with Crippen molar-refractivity contribution in [3.63, 3.8) is 0 Å². The Kier molecular flexibility index (Phi) is 6.37. The van der Waals surface area contributed by atoms with Crippen LogP contribution in [-0.4, -0.2) is 11.9 Å². The van der Waals surface area contributed by atoms with E-state index in [9.17, 15) is 35.9 Å². The molecule has 3 aromatic rings. The van der Waals surface area contributed by atoms with Crippen LogP contribution in [-0.2, 0) is 6.18 Å². The lowest BCUT2D eigenvalue weighted by Gasteiger charge is -2.12. The molecule has 0 aliphatic rings. The summed E-state index contributed by atoms with van der Waals surface area (Å²) in [6.45, 7) is 0. The Morgan fingerprint density at radius 3 is 2.06 bits per heavy atom. The zero-order valence-electron chi connectivity index (χ0n) is 15.9. The number of amides is 3. The maximum Gasteiger partial charge on any atom is 0.416 e. The van der Waals surface area contributed by atoms with Crippen LogP contribution in [0.25, 0.3) is 0 Å². The van der Waals surface area contributed by atoms with Crippen molar-refractivity contribution in [2.75, 3.05) is 16.0 Å². The van der Waals surface area contributed by atoms with Crippen molar-refractivity contribution in [3.8, 4) is 0 Å². The molecule has 3 rings (SSSR count). The molecule has 0 aromatic heterocycles. The molecule has 3 aromatic carbocycles. The minimum Gasteiger partial charge on any atom is -0.319 e. The molecule has 166 valence electrons. The SMILES string of the molecule is O=C(Nc1cccc(C(F)(F)F)c1)Nc1ccc(F)c(NC(=O)c2cccc(F)c2F)c1. The van der Waals surface area contributed by atoms with Crippen molar-refractivity contribution in [2.45, 2.75) is 6.18 Å². The predicted octanol–water partition coefficient (Wildman–Crippen LogP) is 6.02. The van der Waals surface area contributed by atoms with E-state index >= 15 is 0 Å². The van der Waals surface area contributed by atoms with E-state index in [1.807, 2.05) is 0 Å². The summed E-state index contributed by atoms with van der Waals surface area (Å²) in [5.41, 5.74) is -2.26. The monoisotopic (exact) mass is 453 g/mol. The van der Waals surface area contributed by atoms with E-state index < -0.39 is 52.4 Å². The number of benzene rings is 3. The fraction of sp³-hybridized carbons (Fsp3) is 0.0476. The molecule has 0 aliphatic heterocycles.